The van der Waals surface area contributed by atoms with Gasteiger partial charge in [-0.3, -0.25) is 14.5 Å². The second-order valence-electron chi connectivity index (χ2n) is 9.68. The van der Waals surface area contributed by atoms with E-state index in [1.807, 2.05) is 42.6 Å². The number of imide groups is 2. The van der Waals surface area contributed by atoms with Gasteiger partial charge in [0.15, 0.2) is 0 Å². The van der Waals surface area contributed by atoms with Crippen LogP contribution in [0.5, 0.6) is 0 Å². The quantitative estimate of drug-likeness (QED) is 0.195. The molecule has 1 aliphatic heterocycles. The fourth-order valence-electron chi connectivity index (χ4n) is 5.17. The summed E-state index contributed by atoms with van der Waals surface area (Å²) in [5.74, 6) is -1.29. The number of methoxy groups -OCH3 is 1. The summed E-state index contributed by atoms with van der Waals surface area (Å²) in [5.41, 5.74) is 3.16. The third kappa shape index (κ3) is 4.57. The average molecular weight is 530 g/mol. The molecule has 4 amide bonds. The van der Waals surface area contributed by atoms with Crippen molar-refractivity contribution in [2.45, 2.75) is 6.54 Å². The average Bonchev–Trinajstić information content (AvgIpc) is 3.32. The molecule has 1 aliphatic rings. The Morgan fingerprint density at radius 3 is 2.30 bits per heavy atom. The van der Waals surface area contributed by atoms with Gasteiger partial charge in [0.05, 0.1) is 18.8 Å². The zero-order chi connectivity index (χ0) is 27.6. The number of hydrogen-bond acceptors (Lipinski definition) is 4. The van der Waals surface area contributed by atoms with Crippen LogP contribution in [0.15, 0.2) is 109 Å². The molecule has 1 aromatic heterocycles. The van der Waals surface area contributed by atoms with Gasteiger partial charge in [0, 0.05) is 36.3 Å². The summed E-state index contributed by atoms with van der Waals surface area (Å²) in [5, 5.41) is 3.25. The Labute approximate surface area is 231 Å². The second-order valence-corrected chi connectivity index (χ2v) is 9.68. The summed E-state index contributed by atoms with van der Waals surface area (Å²) in [4.78, 5) is 42.6. The highest BCUT2D eigenvalue weighted by Gasteiger charge is 2.42. The number of para-hydroxylation sites is 2. The molecular weight excluding hydrogens is 502 g/mol. The van der Waals surface area contributed by atoms with E-state index in [-0.39, 0.29) is 18.7 Å². The summed E-state index contributed by atoms with van der Waals surface area (Å²) in [6, 6.07) is 30.5. The van der Waals surface area contributed by atoms with Crippen molar-refractivity contribution in [1.82, 2.24) is 9.47 Å². The highest BCUT2D eigenvalue weighted by atomic mass is 16.5. The van der Waals surface area contributed by atoms with E-state index < -0.39 is 17.8 Å². The van der Waals surface area contributed by atoms with Gasteiger partial charge in [-0.05, 0) is 46.7 Å². The predicted octanol–water partition coefficient (Wildman–Crippen LogP) is 5.87. The van der Waals surface area contributed by atoms with Crippen LogP contribution in [0, 0.1) is 0 Å². The molecule has 7 nitrogen and oxygen atoms in total. The SMILES string of the molecule is COCCN1C(=O)/C(=C/c2cn(Cc3ccc4ccccc4c3)c3ccccc23)C(=O)N(c2ccccc2)C1=O. The number of aromatic nitrogens is 1. The van der Waals surface area contributed by atoms with Crippen molar-refractivity contribution < 1.29 is 19.1 Å². The Morgan fingerprint density at radius 1 is 0.775 bits per heavy atom. The number of barbiturate groups is 1. The smallest absolute Gasteiger partial charge is 0.338 e. The summed E-state index contributed by atoms with van der Waals surface area (Å²) in [6.45, 7) is 0.809. The summed E-state index contributed by atoms with van der Waals surface area (Å²) in [6.07, 6.45) is 3.56. The standard InChI is InChI=1S/C33H27N3O4/c1-40-18-17-35-31(37)29(32(38)36(33(35)39)27-11-3-2-4-12-27)20-26-22-34(30-14-8-7-13-28(26)30)21-23-15-16-24-9-5-6-10-25(24)19-23/h2-16,19-20,22H,17-18,21H2,1H3/b29-20-. The Bertz CT molecular complexity index is 1790. The van der Waals surface area contributed by atoms with Crippen molar-refractivity contribution in [3.8, 4) is 0 Å². The maximum Gasteiger partial charge on any atom is 0.338 e. The van der Waals surface area contributed by atoms with Gasteiger partial charge in [-0.25, -0.2) is 9.69 Å². The Hall–Kier alpha value is -5.01. The molecule has 5 aromatic rings. The number of carbonyl (C=O) groups is 3. The van der Waals surface area contributed by atoms with E-state index in [1.54, 1.807) is 36.4 Å². The molecule has 6 rings (SSSR count). The maximum absolute atomic E-state index is 13.7. The number of nitrogens with zero attached hydrogens (tertiary/aromatic N) is 3. The Balaban J connectivity index is 1.43. The molecule has 1 saturated heterocycles. The van der Waals surface area contributed by atoms with Gasteiger partial charge in [-0.15, -0.1) is 0 Å². The molecule has 0 N–H and O–H groups in total. The molecule has 0 bridgehead atoms. The first-order valence-electron chi connectivity index (χ1n) is 13.1. The molecule has 0 radical (unpaired) electrons. The largest absolute Gasteiger partial charge is 0.383 e. The molecule has 0 unspecified atom stereocenters. The van der Waals surface area contributed by atoms with Crippen molar-refractivity contribution in [1.29, 1.82) is 0 Å². The number of hydrogen-bond donors (Lipinski definition) is 0. The molecule has 4 aromatic carbocycles. The lowest BCUT2D eigenvalue weighted by atomic mass is 10.0. The van der Waals surface area contributed by atoms with E-state index in [2.05, 4.69) is 34.9 Å². The van der Waals surface area contributed by atoms with Crippen molar-refractivity contribution in [3.05, 3.63) is 120 Å². The molecule has 40 heavy (non-hydrogen) atoms. The minimum absolute atomic E-state index is 0.0336. The van der Waals surface area contributed by atoms with E-state index in [1.165, 1.54) is 17.9 Å². The molecule has 0 atom stereocenters. The van der Waals surface area contributed by atoms with Crippen molar-refractivity contribution >= 4 is 51.3 Å². The van der Waals surface area contributed by atoms with Crippen LogP contribution >= 0.6 is 0 Å². The summed E-state index contributed by atoms with van der Waals surface area (Å²) >= 11 is 0. The molecule has 2 heterocycles. The number of ether oxygens (including phenoxy) is 1. The zero-order valence-corrected chi connectivity index (χ0v) is 22.0. The molecule has 0 aliphatic carbocycles. The summed E-state index contributed by atoms with van der Waals surface area (Å²) < 4.78 is 7.25. The first kappa shape index (κ1) is 25.3. The molecule has 7 heteroatoms. The summed E-state index contributed by atoms with van der Waals surface area (Å²) in [7, 11) is 1.50. The Morgan fingerprint density at radius 2 is 1.50 bits per heavy atom. The van der Waals surface area contributed by atoms with Crippen LogP contribution in [-0.2, 0) is 20.9 Å². The number of amides is 4. The van der Waals surface area contributed by atoms with E-state index in [0.717, 1.165) is 31.8 Å². The normalized spacial score (nSPS) is 15.1. The lowest BCUT2D eigenvalue weighted by Gasteiger charge is -2.33. The van der Waals surface area contributed by atoms with Crippen LogP contribution in [0.1, 0.15) is 11.1 Å². The third-order valence-electron chi connectivity index (χ3n) is 7.15. The van der Waals surface area contributed by atoms with Gasteiger partial charge in [0.1, 0.15) is 5.57 Å². The van der Waals surface area contributed by atoms with Gasteiger partial charge >= 0.3 is 6.03 Å². The van der Waals surface area contributed by atoms with Crippen molar-refractivity contribution in [2.24, 2.45) is 0 Å². The first-order valence-corrected chi connectivity index (χ1v) is 13.1. The van der Waals surface area contributed by atoms with Crippen molar-refractivity contribution in [2.75, 3.05) is 25.2 Å². The number of anilines is 1. The molecule has 198 valence electrons. The van der Waals surface area contributed by atoms with Gasteiger partial charge in [-0.1, -0.05) is 72.8 Å². The predicted molar refractivity (Wildman–Crippen MR) is 156 cm³/mol. The van der Waals surface area contributed by atoms with Gasteiger partial charge in [0.25, 0.3) is 11.8 Å². The van der Waals surface area contributed by atoms with Crippen LogP contribution in [0.3, 0.4) is 0 Å². The van der Waals surface area contributed by atoms with Crippen LogP contribution in [-0.4, -0.2) is 47.6 Å². The number of rotatable bonds is 7. The monoisotopic (exact) mass is 529 g/mol. The van der Waals surface area contributed by atoms with Gasteiger partial charge in [-0.2, -0.15) is 0 Å². The fraction of sp³-hybridized carbons (Fsp3) is 0.121. The number of benzene rings is 4. The molecule has 0 spiro atoms. The maximum atomic E-state index is 13.7. The molecule has 1 fully saturated rings. The lowest BCUT2D eigenvalue weighted by molar-refractivity contribution is -0.129. The van der Waals surface area contributed by atoms with Crippen LogP contribution in [0.4, 0.5) is 10.5 Å². The third-order valence-corrected chi connectivity index (χ3v) is 7.15. The second kappa shape index (κ2) is 10.6. The van der Waals surface area contributed by atoms with E-state index >= 15 is 0 Å². The minimum atomic E-state index is -0.686. The number of urea groups is 1. The van der Waals surface area contributed by atoms with Crippen LogP contribution in [0.25, 0.3) is 27.8 Å². The topological polar surface area (TPSA) is 71.8 Å². The number of carbonyl (C=O) groups excluding carboxylic acids is 3. The van der Waals surface area contributed by atoms with Gasteiger partial charge in [0.2, 0.25) is 0 Å². The fourth-order valence-corrected chi connectivity index (χ4v) is 5.17. The Kier molecular flexibility index (Phi) is 6.72. The first-order chi connectivity index (χ1) is 19.5. The van der Waals surface area contributed by atoms with E-state index in [0.29, 0.717) is 12.2 Å². The highest BCUT2D eigenvalue weighted by Crippen LogP contribution is 2.29. The molecule has 0 saturated carbocycles. The van der Waals surface area contributed by atoms with E-state index in [4.69, 9.17) is 4.74 Å². The van der Waals surface area contributed by atoms with Gasteiger partial charge < -0.3 is 9.30 Å². The van der Waals surface area contributed by atoms with Crippen LogP contribution in [0.2, 0.25) is 0 Å². The molecular formula is C33H27N3O4. The highest BCUT2D eigenvalue weighted by molar-refractivity contribution is 6.39. The van der Waals surface area contributed by atoms with Crippen molar-refractivity contribution in [3.63, 3.8) is 0 Å². The number of fused-ring (bicyclic) bond motifs is 2. The minimum Gasteiger partial charge on any atom is -0.383 e. The zero-order valence-electron chi connectivity index (χ0n) is 22.0. The lowest BCUT2D eigenvalue weighted by Crippen LogP contribution is -2.57. The van der Waals surface area contributed by atoms with E-state index in [9.17, 15) is 14.4 Å². The van der Waals surface area contributed by atoms with Crippen LogP contribution < -0.4 is 4.90 Å².